The fourth-order valence-corrected chi connectivity index (χ4v) is 4.66. The molecule has 170 valence electrons. The average molecular weight is 437 g/mol. The highest BCUT2D eigenvalue weighted by Crippen LogP contribution is 2.20. The summed E-state index contributed by atoms with van der Waals surface area (Å²) < 4.78 is 5.82. The quantitative estimate of drug-likeness (QED) is 0.751. The van der Waals surface area contributed by atoms with E-state index in [4.69, 9.17) is 10.5 Å². The van der Waals surface area contributed by atoms with E-state index in [-0.39, 0.29) is 12.5 Å². The molecule has 2 fully saturated rings. The van der Waals surface area contributed by atoms with Gasteiger partial charge in [-0.25, -0.2) is 0 Å². The number of carbonyl (C=O) groups is 2. The lowest BCUT2D eigenvalue weighted by atomic mass is 10.0. The SMILES string of the molecule is CN1CCCC(N2CCN(C(=O)c3cccc(COc4ccccc4C(N)=O)c3)CC2)C1. The van der Waals surface area contributed by atoms with E-state index in [1.807, 2.05) is 29.2 Å². The number of benzene rings is 2. The molecule has 2 aliphatic rings. The Morgan fingerprint density at radius 2 is 1.81 bits per heavy atom. The number of para-hydroxylation sites is 1. The normalized spacial score (nSPS) is 20.2. The Hall–Kier alpha value is -2.90. The number of piperazine rings is 1. The smallest absolute Gasteiger partial charge is 0.253 e. The number of nitrogens with zero attached hydrogens (tertiary/aromatic N) is 3. The van der Waals surface area contributed by atoms with Crippen LogP contribution in [0, 0.1) is 0 Å². The molecule has 0 radical (unpaired) electrons. The van der Waals surface area contributed by atoms with Gasteiger partial charge in [0, 0.05) is 44.3 Å². The Kier molecular flexibility index (Phi) is 7.07. The van der Waals surface area contributed by atoms with Crippen molar-refractivity contribution < 1.29 is 14.3 Å². The van der Waals surface area contributed by atoms with Crippen molar-refractivity contribution in [1.29, 1.82) is 0 Å². The van der Waals surface area contributed by atoms with Crippen LogP contribution in [0.4, 0.5) is 0 Å². The highest BCUT2D eigenvalue weighted by Gasteiger charge is 2.28. The first-order valence-corrected chi connectivity index (χ1v) is 11.3. The number of ether oxygens (including phenoxy) is 1. The zero-order chi connectivity index (χ0) is 22.5. The minimum absolute atomic E-state index is 0.0600. The summed E-state index contributed by atoms with van der Waals surface area (Å²) in [7, 11) is 2.19. The van der Waals surface area contributed by atoms with Crippen LogP contribution in [-0.4, -0.2) is 78.9 Å². The Bertz CT molecular complexity index is 956. The molecule has 7 nitrogen and oxygen atoms in total. The average Bonchev–Trinajstić information content (AvgIpc) is 2.82. The number of nitrogens with two attached hydrogens (primary N) is 1. The number of piperidine rings is 1. The topological polar surface area (TPSA) is 79.1 Å². The van der Waals surface area contributed by atoms with Crippen LogP contribution < -0.4 is 10.5 Å². The van der Waals surface area contributed by atoms with Crippen molar-refractivity contribution in [3.05, 3.63) is 65.2 Å². The third-order valence-electron chi connectivity index (χ3n) is 6.44. The zero-order valence-corrected chi connectivity index (χ0v) is 18.7. The predicted octanol–water partition coefficient (Wildman–Crippen LogP) is 2.22. The zero-order valence-electron chi connectivity index (χ0n) is 18.7. The standard InChI is InChI=1S/C25H32N4O3/c1-27-11-5-8-21(17-27)28-12-14-29(15-13-28)25(31)20-7-4-6-19(16-20)18-32-23-10-3-2-9-22(23)24(26)30/h2-4,6-7,9-10,16,21H,5,8,11-15,17-18H2,1H3,(H2,26,30). The van der Waals surface area contributed by atoms with Gasteiger partial charge in [0.25, 0.3) is 11.8 Å². The molecule has 0 aromatic heterocycles. The molecule has 1 unspecified atom stereocenters. The van der Waals surface area contributed by atoms with Crippen molar-refractivity contribution in [2.75, 3.05) is 46.3 Å². The largest absolute Gasteiger partial charge is 0.488 e. The third kappa shape index (κ3) is 5.29. The number of primary amides is 1. The summed E-state index contributed by atoms with van der Waals surface area (Å²) in [5.74, 6) is -0.0189. The number of carbonyl (C=O) groups excluding carboxylic acids is 2. The molecule has 0 spiro atoms. The van der Waals surface area contributed by atoms with E-state index in [0.717, 1.165) is 38.3 Å². The van der Waals surface area contributed by atoms with Gasteiger partial charge in [-0.1, -0.05) is 24.3 Å². The molecule has 2 aromatic rings. The maximum atomic E-state index is 13.1. The Morgan fingerprint density at radius 1 is 1.03 bits per heavy atom. The van der Waals surface area contributed by atoms with Crippen molar-refractivity contribution in [3.8, 4) is 5.75 Å². The van der Waals surface area contributed by atoms with Gasteiger partial charge in [-0.15, -0.1) is 0 Å². The second-order valence-corrected chi connectivity index (χ2v) is 8.74. The molecule has 2 heterocycles. The molecule has 2 aromatic carbocycles. The van der Waals surface area contributed by atoms with Gasteiger partial charge in [-0.05, 0) is 56.3 Å². The van der Waals surface area contributed by atoms with Gasteiger partial charge in [0.15, 0.2) is 0 Å². The summed E-state index contributed by atoms with van der Waals surface area (Å²) >= 11 is 0. The van der Waals surface area contributed by atoms with Crippen LogP contribution >= 0.6 is 0 Å². The summed E-state index contributed by atoms with van der Waals surface area (Å²) in [5, 5.41) is 0. The first-order chi connectivity index (χ1) is 15.5. The first-order valence-electron chi connectivity index (χ1n) is 11.3. The third-order valence-corrected chi connectivity index (χ3v) is 6.44. The van der Waals surface area contributed by atoms with Crippen LogP contribution in [0.15, 0.2) is 48.5 Å². The van der Waals surface area contributed by atoms with Gasteiger partial charge in [0.2, 0.25) is 0 Å². The van der Waals surface area contributed by atoms with Crippen molar-refractivity contribution in [3.63, 3.8) is 0 Å². The minimum atomic E-state index is -0.524. The lowest BCUT2D eigenvalue weighted by Gasteiger charge is -2.42. The number of likely N-dealkylation sites (N-methyl/N-ethyl adjacent to an activating group) is 1. The maximum Gasteiger partial charge on any atom is 0.253 e. The molecule has 0 saturated carbocycles. The van der Waals surface area contributed by atoms with Crippen LogP contribution in [0.3, 0.4) is 0 Å². The highest BCUT2D eigenvalue weighted by atomic mass is 16.5. The monoisotopic (exact) mass is 436 g/mol. The van der Waals surface area contributed by atoms with Crippen LogP contribution in [0.25, 0.3) is 0 Å². The molecule has 2 N–H and O–H groups in total. The molecule has 2 amide bonds. The van der Waals surface area contributed by atoms with Crippen LogP contribution in [-0.2, 0) is 6.61 Å². The number of hydrogen-bond donors (Lipinski definition) is 1. The Labute approximate surface area is 189 Å². The van der Waals surface area contributed by atoms with E-state index < -0.39 is 5.91 Å². The fourth-order valence-electron chi connectivity index (χ4n) is 4.66. The molecule has 4 rings (SSSR count). The molecule has 0 aliphatic carbocycles. The maximum absolute atomic E-state index is 13.1. The molecule has 32 heavy (non-hydrogen) atoms. The van der Waals surface area contributed by atoms with Gasteiger partial charge in [-0.2, -0.15) is 0 Å². The van der Waals surface area contributed by atoms with E-state index >= 15 is 0 Å². The summed E-state index contributed by atoms with van der Waals surface area (Å²) in [6.45, 7) is 5.93. The molecular formula is C25H32N4O3. The molecule has 2 saturated heterocycles. The first kappa shape index (κ1) is 22.3. The lowest BCUT2D eigenvalue weighted by molar-refractivity contribution is 0.0452. The van der Waals surface area contributed by atoms with Crippen LogP contribution in [0.1, 0.15) is 39.1 Å². The van der Waals surface area contributed by atoms with E-state index in [9.17, 15) is 9.59 Å². The van der Waals surface area contributed by atoms with Crippen molar-refractivity contribution in [2.45, 2.75) is 25.5 Å². The Balaban J connectivity index is 1.34. The summed E-state index contributed by atoms with van der Waals surface area (Å²) in [5.41, 5.74) is 7.31. The fraction of sp³-hybridized carbons (Fsp3) is 0.440. The summed E-state index contributed by atoms with van der Waals surface area (Å²) in [6.07, 6.45) is 2.50. The van der Waals surface area contributed by atoms with Crippen molar-refractivity contribution in [2.24, 2.45) is 5.73 Å². The van der Waals surface area contributed by atoms with E-state index in [0.29, 0.717) is 22.9 Å². The van der Waals surface area contributed by atoms with Gasteiger partial charge in [-0.3, -0.25) is 14.5 Å². The molecule has 7 heteroatoms. The number of likely N-dealkylation sites (tertiary alicyclic amines) is 1. The molecule has 0 bridgehead atoms. The second kappa shape index (κ2) is 10.1. The molecule has 2 aliphatic heterocycles. The molecule has 1 atom stereocenters. The van der Waals surface area contributed by atoms with Crippen molar-refractivity contribution in [1.82, 2.24) is 14.7 Å². The lowest BCUT2D eigenvalue weighted by Crippen LogP contribution is -2.55. The summed E-state index contributed by atoms with van der Waals surface area (Å²) in [6, 6.07) is 15.0. The minimum Gasteiger partial charge on any atom is -0.488 e. The predicted molar refractivity (Wildman–Crippen MR) is 124 cm³/mol. The van der Waals surface area contributed by atoms with E-state index in [1.54, 1.807) is 24.3 Å². The van der Waals surface area contributed by atoms with Gasteiger partial charge in [0.1, 0.15) is 12.4 Å². The second-order valence-electron chi connectivity index (χ2n) is 8.74. The van der Waals surface area contributed by atoms with Crippen LogP contribution in [0.5, 0.6) is 5.75 Å². The van der Waals surface area contributed by atoms with Crippen molar-refractivity contribution >= 4 is 11.8 Å². The van der Waals surface area contributed by atoms with E-state index in [1.165, 1.54) is 19.4 Å². The number of hydrogen-bond acceptors (Lipinski definition) is 5. The molecular weight excluding hydrogens is 404 g/mol. The van der Waals surface area contributed by atoms with Gasteiger partial charge >= 0.3 is 0 Å². The van der Waals surface area contributed by atoms with E-state index in [2.05, 4.69) is 16.8 Å². The van der Waals surface area contributed by atoms with Gasteiger partial charge < -0.3 is 20.3 Å². The number of rotatable bonds is 6. The summed E-state index contributed by atoms with van der Waals surface area (Å²) in [4.78, 5) is 31.6. The van der Waals surface area contributed by atoms with Crippen LogP contribution in [0.2, 0.25) is 0 Å². The highest BCUT2D eigenvalue weighted by molar-refractivity contribution is 5.95. The van der Waals surface area contributed by atoms with Gasteiger partial charge in [0.05, 0.1) is 5.56 Å². The Morgan fingerprint density at radius 3 is 2.56 bits per heavy atom. The number of amides is 2.